The van der Waals surface area contributed by atoms with Gasteiger partial charge in [0.05, 0.1) is 12.5 Å². The van der Waals surface area contributed by atoms with Gasteiger partial charge in [-0.15, -0.1) is 0 Å². The van der Waals surface area contributed by atoms with Gasteiger partial charge >= 0.3 is 0 Å². The van der Waals surface area contributed by atoms with E-state index in [0.717, 1.165) is 12.2 Å². The summed E-state index contributed by atoms with van der Waals surface area (Å²) in [6, 6.07) is 19.5. The maximum Gasteiger partial charge on any atom is 0.246 e. The first-order valence-corrected chi connectivity index (χ1v) is 10.4. The van der Waals surface area contributed by atoms with Gasteiger partial charge in [-0.1, -0.05) is 48.5 Å². The van der Waals surface area contributed by atoms with Crippen molar-refractivity contribution >= 4 is 11.8 Å². The summed E-state index contributed by atoms with van der Waals surface area (Å²) >= 11 is 0. The number of hydrogen-bond acceptors (Lipinski definition) is 4. The zero-order valence-corrected chi connectivity index (χ0v) is 17.4. The molecule has 30 heavy (non-hydrogen) atoms. The molecule has 3 rings (SSSR count). The predicted octanol–water partition coefficient (Wildman–Crippen LogP) is 2.58. The van der Waals surface area contributed by atoms with Gasteiger partial charge in [0.15, 0.2) is 0 Å². The van der Waals surface area contributed by atoms with Crippen LogP contribution in [0.25, 0.3) is 0 Å². The molecule has 1 saturated carbocycles. The highest BCUT2D eigenvalue weighted by atomic mass is 16.5. The number of amides is 2. The molecule has 1 aliphatic carbocycles. The minimum absolute atomic E-state index is 0.00989. The van der Waals surface area contributed by atoms with E-state index in [9.17, 15) is 9.59 Å². The van der Waals surface area contributed by atoms with Gasteiger partial charge in [0, 0.05) is 19.7 Å². The summed E-state index contributed by atoms with van der Waals surface area (Å²) in [5.41, 5.74) is 1.18. The largest absolute Gasteiger partial charge is 0.493 e. The van der Waals surface area contributed by atoms with Crippen molar-refractivity contribution in [3.05, 3.63) is 66.2 Å². The Morgan fingerprint density at radius 1 is 1.00 bits per heavy atom. The van der Waals surface area contributed by atoms with E-state index in [1.165, 1.54) is 12.7 Å². The summed E-state index contributed by atoms with van der Waals surface area (Å²) in [5, 5.41) is 6.01. The highest BCUT2D eigenvalue weighted by Crippen LogP contribution is 2.32. The SMILES string of the molecule is COCC(=O)N[C@@H]1C[C@H](COc2ccccc2)C[C@H]1C(=O)NCCc1ccccc1. The normalized spacial score (nSPS) is 20.5. The van der Waals surface area contributed by atoms with Crippen LogP contribution >= 0.6 is 0 Å². The molecule has 6 heteroatoms. The molecule has 0 bridgehead atoms. The van der Waals surface area contributed by atoms with Crippen LogP contribution in [0, 0.1) is 11.8 Å². The third-order valence-corrected chi connectivity index (χ3v) is 5.40. The number of carbonyl (C=O) groups is 2. The molecule has 0 saturated heterocycles. The average Bonchev–Trinajstić information content (AvgIpc) is 3.16. The topological polar surface area (TPSA) is 76.7 Å². The summed E-state index contributed by atoms with van der Waals surface area (Å²) in [4.78, 5) is 24.9. The third kappa shape index (κ3) is 6.59. The number of hydrogen-bond donors (Lipinski definition) is 2. The fraction of sp³-hybridized carbons (Fsp3) is 0.417. The standard InChI is InChI=1S/C24H30N2O4/c1-29-17-23(27)26-22-15-19(16-30-20-10-6-3-7-11-20)14-21(22)24(28)25-13-12-18-8-4-2-5-9-18/h2-11,19,21-22H,12-17H2,1H3,(H,25,28)(H,26,27)/t19-,21-,22-/m1/s1. The van der Waals surface area contributed by atoms with E-state index in [-0.39, 0.29) is 36.3 Å². The number of ether oxygens (including phenoxy) is 2. The van der Waals surface area contributed by atoms with Crippen molar-refractivity contribution in [1.29, 1.82) is 0 Å². The number of methoxy groups -OCH3 is 1. The lowest BCUT2D eigenvalue weighted by atomic mass is 10.0. The van der Waals surface area contributed by atoms with Gasteiger partial charge < -0.3 is 20.1 Å². The van der Waals surface area contributed by atoms with Gasteiger partial charge in [-0.25, -0.2) is 0 Å². The number of para-hydroxylation sites is 1. The smallest absolute Gasteiger partial charge is 0.246 e. The van der Waals surface area contributed by atoms with Crippen molar-refractivity contribution in [3.63, 3.8) is 0 Å². The molecule has 2 aromatic carbocycles. The highest BCUT2D eigenvalue weighted by Gasteiger charge is 2.39. The van der Waals surface area contributed by atoms with Gasteiger partial charge in [0.25, 0.3) is 0 Å². The number of carbonyl (C=O) groups excluding carboxylic acids is 2. The maximum absolute atomic E-state index is 12.9. The second-order valence-corrected chi connectivity index (χ2v) is 7.70. The molecule has 0 radical (unpaired) electrons. The summed E-state index contributed by atoms with van der Waals surface area (Å²) in [6.07, 6.45) is 2.17. The molecule has 2 amide bonds. The van der Waals surface area contributed by atoms with E-state index in [2.05, 4.69) is 10.6 Å². The lowest BCUT2D eigenvalue weighted by Crippen LogP contribution is -2.45. The van der Waals surface area contributed by atoms with Crippen LogP contribution < -0.4 is 15.4 Å². The van der Waals surface area contributed by atoms with Gasteiger partial charge in [0.2, 0.25) is 11.8 Å². The number of rotatable bonds is 10. The van der Waals surface area contributed by atoms with Crippen molar-refractivity contribution in [2.45, 2.75) is 25.3 Å². The van der Waals surface area contributed by atoms with Crippen LogP contribution in [0.15, 0.2) is 60.7 Å². The monoisotopic (exact) mass is 410 g/mol. The molecule has 1 aliphatic rings. The average molecular weight is 411 g/mol. The van der Waals surface area contributed by atoms with Crippen molar-refractivity contribution in [2.75, 3.05) is 26.9 Å². The Kier molecular flexibility index (Phi) is 8.27. The van der Waals surface area contributed by atoms with Gasteiger partial charge in [-0.05, 0) is 42.9 Å². The molecule has 0 spiro atoms. The van der Waals surface area contributed by atoms with Gasteiger partial charge in [-0.2, -0.15) is 0 Å². The van der Waals surface area contributed by atoms with E-state index in [1.807, 2.05) is 60.7 Å². The van der Waals surface area contributed by atoms with E-state index >= 15 is 0 Å². The molecule has 0 heterocycles. The Balaban J connectivity index is 1.55. The van der Waals surface area contributed by atoms with Crippen molar-refractivity contribution in [3.8, 4) is 5.75 Å². The second-order valence-electron chi connectivity index (χ2n) is 7.70. The first kappa shape index (κ1) is 21.8. The molecular weight excluding hydrogens is 380 g/mol. The van der Waals surface area contributed by atoms with E-state index in [1.54, 1.807) is 0 Å². The maximum atomic E-state index is 12.9. The molecule has 2 N–H and O–H groups in total. The molecule has 0 aromatic heterocycles. The van der Waals surface area contributed by atoms with Crippen LogP contribution in [0.2, 0.25) is 0 Å². The molecule has 0 unspecified atom stereocenters. The van der Waals surface area contributed by atoms with Gasteiger partial charge in [-0.3, -0.25) is 9.59 Å². The minimum atomic E-state index is -0.272. The zero-order chi connectivity index (χ0) is 21.2. The van der Waals surface area contributed by atoms with Crippen LogP contribution in [0.3, 0.4) is 0 Å². The lowest BCUT2D eigenvalue weighted by Gasteiger charge is -2.20. The molecule has 160 valence electrons. The van der Waals surface area contributed by atoms with Crippen LogP contribution in [-0.4, -0.2) is 44.7 Å². The van der Waals surface area contributed by atoms with E-state index in [0.29, 0.717) is 26.0 Å². The zero-order valence-electron chi connectivity index (χ0n) is 17.4. The Hall–Kier alpha value is -2.86. The number of nitrogens with one attached hydrogen (secondary N) is 2. The molecule has 2 aromatic rings. The van der Waals surface area contributed by atoms with Crippen molar-refractivity contribution in [1.82, 2.24) is 10.6 Å². The summed E-state index contributed by atoms with van der Waals surface area (Å²) in [6.45, 7) is 1.09. The van der Waals surface area contributed by atoms with Crippen LogP contribution in [0.1, 0.15) is 18.4 Å². The minimum Gasteiger partial charge on any atom is -0.493 e. The molecular formula is C24H30N2O4. The molecule has 3 atom stereocenters. The fourth-order valence-corrected chi connectivity index (χ4v) is 3.94. The number of benzene rings is 2. The van der Waals surface area contributed by atoms with Crippen LogP contribution in [0.5, 0.6) is 5.75 Å². The molecule has 1 fully saturated rings. The predicted molar refractivity (Wildman–Crippen MR) is 115 cm³/mol. The fourth-order valence-electron chi connectivity index (χ4n) is 3.94. The molecule has 0 aliphatic heterocycles. The molecule has 6 nitrogen and oxygen atoms in total. The van der Waals surface area contributed by atoms with E-state index < -0.39 is 0 Å². The quantitative estimate of drug-likeness (QED) is 0.631. The Morgan fingerprint density at radius 3 is 2.40 bits per heavy atom. The van der Waals surface area contributed by atoms with Crippen molar-refractivity contribution in [2.24, 2.45) is 11.8 Å². The summed E-state index contributed by atoms with van der Waals surface area (Å²) < 4.78 is 10.8. The Labute approximate surface area is 178 Å². The third-order valence-electron chi connectivity index (χ3n) is 5.40. The first-order chi connectivity index (χ1) is 14.7. The Morgan fingerprint density at radius 2 is 1.70 bits per heavy atom. The van der Waals surface area contributed by atoms with E-state index in [4.69, 9.17) is 9.47 Å². The Bertz CT molecular complexity index is 797. The first-order valence-electron chi connectivity index (χ1n) is 10.4. The summed E-state index contributed by atoms with van der Waals surface area (Å²) in [5.74, 6) is 0.521. The van der Waals surface area contributed by atoms with Crippen LogP contribution in [0.4, 0.5) is 0 Å². The second kappa shape index (κ2) is 11.4. The lowest BCUT2D eigenvalue weighted by molar-refractivity contribution is -0.128. The van der Waals surface area contributed by atoms with Crippen molar-refractivity contribution < 1.29 is 19.1 Å². The van der Waals surface area contributed by atoms with Gasteiger partial charge in [0.1, 0.15) is 12.4 Å². The summed E-state index contributed by atoms with van der Waals surface area (Å²) in [7, 11) is 1.48. The van der Waals surface area contributed by atoms with Crippen LogP contribution in [-0.2, 0) is 20.7 Å². The highest BCUT2D eigenvalue weighted by molar-refractivity contribution is 5.82.